The second-order valence-corrected chi connectivity index (χ2v) is 4.82. The van der Waals surface area contributed by atoms with Crippen LogP contribution in [0.15, 0.2) is 35.4 Å². The van der Waals surface area contributed by atoms with Gasteiger partial charge in [0.2, 0.25) is 0 Å². The first kappa shape index (κ1) is 13.9. The second-order valence-electron chi connectivity index (χ2n) is 4.82. The zero-order valence-electron chi connectivity index (χ0n) is 11.5. The molecule has 0 unspecified atom stereocenters. The number of phenols is 1. The van der Waals surface area contributed by atoms with Crippen molar-refractivity contribution in [2.75, 3.05) is 11.1 Å². The molecule has 1 heterocycles. The van der Waals surface area contributed by atoms with Crippen LogP contribution < -0.4 is 16.6 Å². The lowest BCUT2D eigenvalue weighted by Gasteiger charge is -2.12. The Kier molecular flexibility index (Phi) is 3.93. The van der Waals surface area contributed by atoms with E-state index < -0.39 is 0 Å². The molecule has 0 bridgehead atoms. The molecule has 0 radical (unpaired) electrons. The quantitative estimate of drug-likeness (QED) is 0.583. The van der Waals surface area contributed by atoms with Crippen LogP contribution in [0.5, 0.6) is 5.75 Å². The maximum atomic E-state index is 12.1. The van der Waals surface area contributed by atoms with E-state index >= 15 is 0 Å². The smallest absolute Gasteiger partial charge is 0.293 e. The molecule has 4 N–H and O–H groups in total. The number of nitrogens with two attached hydrogens (primary N) is 1. The van der Waals surface area contributed by atoms with Gasteiger partial charge in [-0.05, 0) is 32.0 Å². The first-order valence-electron chi connectivity index (χ1n) is 6.37. The molecule has 20 heavy (non-hydrogen) atoms. The molecule has 0 aliphatic heterocycles. The van der Waals surface area contributed by atoms with Crippen LogP contribution in [0.1, 0.15) is 25.5 Å². The summed E-state index contributed by atoms with van der Waals surface area (Å²) >= 11 is 0. The van der Waals surface area contributed by atoms with E-state index in [0.717, 1.165) is 0 Å². The highest BCUT2D eigenvalue weighted by atomic mass is 16.3. The topological polar surface area (TPSA) is 93.2 Å². The van der Waals surface area contributed by atoms with Gasteiger partial charge in [0.1, 0.15) is 5.75 Å². The molecule has 2 rings (SSSR count). The van der Waals surface area contributed by atoms with Crippen LogP contribution in [-0.4, -0.2) is 14.7 Å². The highest BCUT2D eigenvalue weighted by Crippen LogP contribution is 2.20. The standard InChI is InChI=1S/C14H18N4O2/c1-9(2)18-6-5-16-13(14(18)20)17-8-10-7-11(15)3-4-12(10)19/h3-7,9,19H,8,15H2,1-2H3,(H,16,17). The van der Waals surface area contributed by atoms with E-state index in [0.29, 0.717) is 11.3 Å². The fourth-order valence-electron chi connectivity index (χ4n) is 1.88. The fourth-order valence-corrected chi connectivity index (χ4v) is 1.88. The number of aromatic nitrogens is 2. The van der Waals surface area contributed by atoms with Gasteiger partial charge in [-0.1, -0.05) is 0 Å². The third-order valence-corrected chi connectivity index (χ3v) is 2.97. The number of aromatic hydroxyl groups is 1. The highest BCUT2D eigenvalue weighted by molar-refractivity contribution is 5.48. The fraction of sp³-hybridized carbons (Fsp3) is 0.286. The van der Waals surface area contributed by atoms with E-state index in [-0.39, 0.29) is 29.7 Å². The van der Waals surface area contributed by atoms with Gasteiger partial charge in [-0.3, -0.25) is 4.79 Å². The first-order chi connectivity index (χ1) is 9.49. The Labute approximate surface area is 116 Å². The minimum absolute atomic E-state index is 0.0619. The van der Waals surface area contributed by atoms with Crippen LogP contribution in [0.4, 0.5) is 11.5 Å². The number of benzene rings is 1. The van der Waals surface area contributed by atoms with Gasteiger partial charge in [0, 0.05) is 36.2 Å². The number of rotatable bonds is 4. The van der Waals surface area contributed by atoms with Crippen LogP contribution in [-0.2, 0) is 6.54 Å². The Morgan fingerprint density at radius 3 is 2.90 bits per heavy atom. The van der Waals surface area contributed by atoms with Crippen molar-refractivity contribution in [2.24, 2.45) is 0 Å². The molecule has 2 aromatic rings. The maximum Gasteiger partial charge on any atom is 0.293 e. The highest BCUT2D eigenvalue weighted by Gasteiger charge is 2.08. The van der Waals surface area contributed by atoms with Crippen molar-refractivity contribution in [3.8, 4) is 5.75 Å². The molecular formula is C14H18N4O2. The molecule has 106 valence electrons. The lowest BCUT2D eigenvalue weighted by Crippen LogP contribution is -2.25. The third kappa shape index (κ3) is 2.90. The van der Waals surface area contributed by atoms with E-state index in [1.165, 1.54) is 6.07 Å². The molecule has 6 nitrogen and oxygen atoms in total. The zero-order valence-corrected chi connectivity index (χ0v) is 11.5. The molecular weight excluding hydrogens is 256 g/mol. The van der Waals surface area contributed by atoms with E-state index in [1.807, 2.05) is 13.8 Å². The predicted molar refractivity (Wildman–Crippen MR) is 78.7 cm³/mol. The number of nitrogens with one attached hydrogen (secondary N) is 1. The van der Waals surface area contributed by atoms with E-state index in [2.05, 4.69) is 10.3 Å². The van der Waals surface area contributed by atoms with Crippen LogP contribution in [0.3, 0.4) is 0 Å². The van der Waals surface area contributed by atoms with Crippen molar-refractivity contribution in [2.45, 2.75) is 26.4 Å². The zero-order chi connectivity index (χ0) is 14.7. The number of nitrogens with zero attached hydrogens (tertiary/aromatic N) is 2. The largest absolute Gasteiger partial charge is 0.508 e. The van der Waals surface area contributed by atoms with Gasteiger partial charge in [0.05, 0.1) is 0 Å². The van der Waals surface area contributed by atoms with Gasteiger partial charge in [-0.15, -0.1) is 0 Å². The summed E-state index contributed by atoms with van der Waals surface area (Å²) in [4.78, 5) is 16.2. The van der Waals surface area contributed by atoms with E-state index in [1.54, 1.807) is 29.1 Å². The molecule has 0 spiro atoms. The third-order valence-electron chi connectivity index (χ3n) is 2.97. The van der Waals surface area contributed by atoms with Crippen LogP contribution in [0.2, 0.25) is 0 Å². The Balaban J connectivity index is 2.21. The number of phenolic OH excluding ortho intramolecular Hbond substituents is 1. The summed E-state index contributed by atoms with van der Waals surface area (Å²) in [6, 6.07) is 4.86. The Bertz CT molecular complexity index is 664. The van der Waals surface area contributed by atoms with Gasteiger partial charge in [-0.2, -0.15) is 0 Å². The summed E-state index contributed by atoms with van der Waals surface area (Å²) < 4.78 is 1.59. The molecule has 0 fully saturated rings. The van der Waals surface area contributed by atoms with Gasteiger partial charge < -0.3 is 20.7 Å². The molecule has 0 saturated heterocycles. The lowest BCUT2D eigenvalue weighted by atomic mass is 10.2. The number of anilines is 2. The van der Waals surface area contributed by atoms with Crippen molar-refractivity contribution in [1.29, 1.82) is 0 Å². The van der Waals surface area contributed by atoms with Gasteiger partial charge in [0.25, 0.3) is 5.56 Å². The van der Waals surface area contributed by atoms with Crippen molar-refractivity contribution >= 4 is 11.5 Å². The van der Waals surface area contributed by atoms with Crippen LogP contribution in [0.25, 0.3) is 0 Å². The van der Waals surface area contributed by atoms with Crippen LogP contribution >= 0.6 is 0 Å². The van der Waals surface area contributed by atoms with E-state index in [4.69, 9.17) is 5.73 Å². The number of hydrogen-bond acceptors (Lipinski definition) is 5. The molecule has 0 atom stereocenters. The van der Waals surface area contributed by atoms with Crippen molar-refractivity contribution in [3.05, 3.63) is 46.5 Å². The lowest BCUT2D eigenvalue weighted by molar-refractivity contribution is 0.469. The predicted octanol–water partition coefficient (Wildman–Crippen LogP) is 1.72. The molecule has 0 saturated carbocycles. The van der Waals surface area contributed by atoms with Crippen molar-refractivity contribution in [3.63, 3.8) is 0 Å². The molecule has 0 amide bonds. The minimum atomic E-state index is -0.189. The molecule has 0 aliphatic carbocycles. The Morgan fingerprint density at radius 2 is 2.20 bits per heavy atom. The van der Waals surface area contributed by atoms with Gasteiger partial charge in [0.15, 0.2) is 5.82 Å². The average molecular weight is 274 g/mol. The summed E-state index contributed by atoms with van der Waals surface area (Å²) in [6.45, 7) is 4.13. The second kappa shape index (κ2) is 5.64. The average Bonchev–Trinajstić information content (AvgIpc) is 2.41. The maximum absolute atomic E-state index is 12.1. The summed E-state index contributed by atoms with van der Waals surface area (Å²) in [7, 11) is 0. The molecule has 0 aliphatic rings. The number of hydrogen-bond donors (Lipinski definition) is 3. The van der Waals surface area contributed by atoms with Crippen molar-refractivity contribution < 1.29 is 5.11 Å². The molecule has 1 aromatic carbocycles. The van der Waals surface area contributed by atoms with Crippen molar-refractivity contribution in [1.82, 2.24) is 9.55 Å². The summed E-state index contributed by atoms with van der Waals surface area (Å²) in [5.41, 5.74) is 6.65. The van der Waals surface area contributed by atoms with E-state index in [9.17, 15) is 9.90 Å². The SMILES string of the molecule is CC(C)n1ccnc(NCc2cc(N)ccc2O)c1=O. The monoisotopic (exact) mass is 274 g/mol. The molecule has 6 heteroatoms. The summed E-state index contributed by atoms with van der Waals surface area (Å²) in [5.74, 6) is 0.384. The molecule has 1 aromatic heterocycles. The number of nitrogen functional groups attached to an aromatic ring is 1. The Morgan fingerprint density at radius 1 is 1.45 bits per heavy atom. The first-order valence-corrected chi connectivity index (χ1v) is 6.37. The summed E-state index contributed by atoms with van der Waals surface area (Å²) in [5, 5.41) is 12.7. The van der Waals surface area contributed by atoms with Crippen LogP contribution in [0, 0.1) is 0 Å². The Hall–Kier alpha value is -2.50. The van der Waals surface area contributed by atoms with Gasteiger partial charge in [-0.25, -0.2) is 4.98 Å². The summed E-state index contributed by atoms with van der Waals surface area (Å²) in [6.07, 6.45) is 3.22. The normalized spacial score (nSPS) is 10.8. The van der Waals surface area contributed by atoms with Gasteiger partial charge >= 0.3 is 0 Å². The minimum Gasteiger partial charge on any atom is -0.508 e.